The Hall–Kier alpha value is -2.63. The Morgan fingerprint density at radius 2 is 1.69 bits per heavy atom. The highest BCUT2D eigenvalue weighted by molar-refractivity contribution is 5.77. The van der Waals surface area contributed by atoms with E-state index in [1.54, 1.807) is 6.33 Å². The second kappa shape index (κ2) is 7.02. The van der Waals surface area contributed by atoms with Crippen LogP contribution in [-0.2, 0) is 25.2 Å². The number of halogens is 3. The van der Waals surface area contributed by atoms with Gasteiger partial charge in [0, 0.05) is 49.6 Å². The molecule has 5 aliphatic rings. The molecule has 0 radical (unpaired) electrons. The maximum Gasteiger partial charge on any atom is 0.433 e. The summed E-state index contributed by atoms with van der Waals surface area (Å²) in [5, 5.41) is 18.5. The summed E-state index contributed by atoms with van der Waals surface area (Å²) in [6.07, 6.45) is 4.17. The van der Waals surface area contributed by atoms with E-state index in [1.807, 2.05) is 14.5 Å². The fourth-order valence-electron chi connectivity index (χ4n) is 7.26. The molecule has 2 aliphatic heterocycles. The van der Waals surface area contributed by atoms with Gasteiger partial charge in [0.2, 0.25) is 0 Å². The van der Waals surface area contributed by atoms with Gasteiger partial charge in [-0.3, -0.25) is 4.68 Å². The normalized spacial score (nSPS) is 25.9. The third-order valence-electron chi connectivity index (χ3n) is 9.24. The SMILES string of the molecule is Cn1ncc(CC2CC3(C2)CN(C(=O)N2CC4(CC(n5cnc(C6(O)CC6)n5)C4)C2)C3)c1C(F)(F)F. The monoisotopic (exact) mass is 505 g/mol. The van der Waals surface area contributed by atoms with Crippen LogP contribution in [0.2, 0.25) is 0 Å². The molecular weight excluding hydrogens is 475 g/mol. The lowest BCUT2D eigenvalue weighted by molar-refractivity contribution is -0.144. The first-order valence-electron chi connectivity index (χ1n) is 12.7. The summed E-state index contributed by atoms with van der Waals surface area (Å²) in [5.41, 5.74) is -0.934. The van der Waals surface area contributed by atoms with E-state index < -0.39 is 17.5 Å². The second-order valence-corrected chi connectivity index (χ2v) is 12.3. The summed E-state index contributed by atoms with van der Waals surface area (Å²) >= 11 is 0. The van der Waals surface area contributed by atoms with Crippen molar-refractivity contribution in [2.45, 2.75) is 62.8 Å². The van der Waals surface area contributed by atoms with Crippen LogP contribution < -0.4 is 0 Å². The standard InChI is InChI=1S/C24H30F3N7O2/c1-31-18(24(25,26)27)16(9-29-31)4-15-5-21(6-15)10-32(11-21)20(35)33-12-22(13-33)7-17(8-22)34-14-28-19(30-34)23(36)2-3-23/h9,14-15,17,36H,2-8,10-13H2,1H3. The molecule has 3 saturated carbocycles. The van der Waals surface area contributed by atoms with Crippen LogP contribution in [0.4, 0.5) is 18.0 Å². The number of urea groups is 1. The van der Waals surface area contributed by atoms with Crippen molar-refractivity contribution in [2.75, 3.05) is 26.2 Å². The topological polar surface area (TPSA) is 92.3 Å². The third kappa shape index (κ3) is 3.39. The minimum atomic E-state index is -4.40. The zero-order valence-corrected chi connectivity index (χ0v) is 20.2. The molecule has 1 N–H and O–H groups in total. The maximum atomic E-state index is 13.3. The smallest absolute Gasteiger partial charge is 0.382 e. The van der Waals surface area contributed by atoms with Crippen molar-refractivity contribution in [1.82, 2.24) is 34.3 Å². The van der Waals surface area contributed by atoms with Crippen LogP contribution in [-0.4, -0.2) is 71.7 Å². The number of carbonyl (C=O) groups is 1. The van der Waals surface area contributed by atoms with Crippen molar-refractivity contribution in [2.24, 2.45) is 23.8 Å². The molecule has 2 amide bonds. The van der Waals surface area contributed by atoms with Crippen LogP contribution in [0, 0.1) is 16.7 Å². The number of amides is 2. The molecule has 36 heavy (non-hydrogen) atoms. The Labute approximate surface area is 206 Å². The number of aromatic nitrogens is 5. The van der Waals surface area contributed by atoms with Crippen molar-refractivity contribution in [3.05, 3.63) is 29.6 Å². The van der Waals surface area contributed by atoms with E-state index >= 15 is 0 Å². The van der Waals surface area contributed by atoms with E-state index in [2.05, 4.69) is 15.2 Å². The van der Waals surface area contributed by atoms with Crippen LogP contribution >= 0.6 is 0 Å². The van der Waals surface area contributed by atoms with E-state index in [0.29, 0.717) is 25.3 Å². The molecule has 9 nitrogen and oxygen atoms in total. The van der Waals surface area contributed by atoms with Crippen LogP contribution in [0.3, 0.4) is 0 Å². The number of carbonyl (C=O) groups excluding carboxylic acids is 1. The van der Waals surface area contributed by atoms with Crippen molar-refractivity contribution in [3.63, 3.8) is 0 Å². The molecule has 5 fully saturated rings. The molecule has 2 aromatic heterocycles. The maximum absolute atomic E-state index is 13.3. The lowest BCUT2D eigenvalue weighted by atomic mass is 9.56. The molecule has 2 aromatic rings. The predicted octanol–water partition coefficient (Wildman–Crippen LogP) is 2.72. The number of rotatable bonds is 4. The Morgan fingerprint density at radius 1 is 1.08 bits per heavy atom. The zero-order valence-electron chi connectivity index (χ0n) is 20.2. The molecule has 2 spiro atoms. The van der Waals surface area contributed by atoms with Gasteiger partial charge in [0.25, 0.3) is 0 Å². The predicted molar refractivity (Wildman–Crippen MR) is 119 cm³/mol. The van der Waals surface area contributed by atoms with Gasteiger partial charge in [-0.1, -0.05) is 0 Å². The van der Waals surface area contributed by atoms with Crippen LogP contribution in [0.25, 0.3) is 0 Å². The van der Waals surface area contributed by atoms with Crippen molar-refractivity contribution in [1.29, 1.82) is 0 Å². The molecule has 2 saturated heterocycles. The fourth-order valence-corrected chi connectivity index (χ4v) is 7.26. The number of likely N-dealkylation sites (tertiary alicyclic amines) is 2. The van der Waals surface area contributed by atoms with E-state index in [-0.39, 0.29) is 34.4 Å². The number of nitrogens with zero attached hydrogens (tertiary/aromatic N) is 7. The first kappa shape index (κ1) is 22.6. The molecular formula is C24H30F3N7O2. The Bertz CT molecular complexity index is 1200. The second-order valence-electron chi connectivity index (χ2n) is 12.3. The molecule has 12 heteroatoms. The minimum absolute atomic E-state index is 0.0848. The first-order chi connectivity index (χ1) is 17.0. The molecule has 194 valence electrons. The van der Waals surface area contributed by atoms with Crippen molar-refractivity contribution >= 4 is 6.03 Å². The zero-order chi connectivity index (χ0) is 25.1. The lowest BCUT2D eigenvalue weighted by Crippen LogP contribution is -2.71. The summed E-state index contributed by atoms with van der Waals surface area (Å²) in [6.45, 7) is 2.94. The van der Waals surface area contributed by atoms with Gasteiger partial charge in [-0.25, -0.2) is 14.5 Å². The quantitative estimate of drug-likeness (QED) is 0.690. The van der Waals surface area contributed by atoms with E-state index in [0.717, 1.165) is 56.3 Å². The van der Waals surface area contributed by atoms with Crippen molar-refractivity contribution in [3.8, 4) is 0 Å². The summed E-state index contributed by atoms with van der Waals surface area (Å²) in [4.78, 5) is 21.0. The number of aryl methyl sites for hydroxylation is 1. The van der Waals surface area contributed by atoms with Gasteiger partial charge in [-0.15, -0.1) is 0 Å². The van der Waals surface area contributed by atoms with Crippen LogP contribution in [0.5, 0.6) is 0 Å². The van der Waals surface area contributed by atoms with Crippen LogP contribution in [0.15, 0.2) is 12.5 Å². The van der Waals surface area contributed by atoms with Crippen molar-refractivity contribution < 1.29 is 23.1 Å². The highest BCUT2D eigenvalue weighted by Crippen LogP contribution is 2.56. The average molecular weight is 506 g/mol. The number of aliphatic hydroxyl groups is 1. The Morgan fingerprint density at radius 3 is 2.28 bits per heavy atom. The van der Waals surface area contributed by atoms with Gasteiger partial charge in [-0.05, 0) is 50.9 Å². The molecule has 0 bridgehead atoms. The molecule has 0 aromatic carbocycles. The molecule has 4 heterocycles. The number of hydrogen-bond acceptors (Lipinski definition) is 5. The Kier molecular flexibility index (Phi) is 4.40. The Balaban J connectivity index is 0.862. The van der Waals surface area contributed by atoms with Crippen LogP contribution in [0.1, 0.15) is 61.6 Å². The van der Waals surface area contributed by atoms with E-state index in [4.69, 9.17) is 0 Å². The summed E-state index contributed by atoms with van der Waals surface area (Å²) in [7, 11) is 1.33. The fraction of sp³-hybridized carbons (Fsp3) is 0.750. The highest BCUT2D eigenvalue weighted by atomic mass is 19.4. The molecule has 7 rings (SSSR count). The number of hydrogen-bond donors (Lipinski definition) is 1. The highest BCUT2D eigenvalue weighted by Gasteiger charge is 2.59. The van der Waals surface area contributed by atoms with Gasteiger partial charge in [-0.2, -0.15) is 23.4 Å². The van der Waals surface area contributed by atoms with E-state index in [1.165, 1.54) is 13.2 Å². The lowest BCUT2D eigenvalue weighted by Gasteiger charge is -2.63. The van der Waals surface area contributed by atoms with Gasteiger partial charge in [0.1, 0.15) is 17.6 Å². The minimum Gasteiger partial charge on any atom is -0.382 e. The number of alkyl halides is 3. The molecule has 3 aliphatic carbocycles. The largest absolute Gasteiger partial charge is 0.433 e. The van der Waals surface area contributed by atoms with E-state index in [9.17, 15) is 23.1 Å². The molecule has 0 atom stereocenters. The van der Waals surface area contributed by atoms with Gasteiger partial charge >= 0.3 is 12.2 Å². The van der Waals surface area contributed by atoms with Gasteiger partial charge in [0.15, 0.2) is 5.82 Å². The summed E-state index contributed by atoms with van der Waals surface area (Å²) in [6, 6.07) is 0.367. The summed E-state index contributed by atoms with van der Waals surface area (Å²) < 4.78 is 42.7. The summed E-state index contributed by atoms with van der Waals surface area (Å²) in [5.74, 6) is 0.740. The van der Waals surface area contributed by atoms with Gasteiger partial charge < -0.3 is 14.9 Å². The molecule has 0 unspecified atom stereocenters. The van der Waals surface area contributed by atoms with Gasteiger partial charge in [0.05, 0.1) is 12.2 Å². The first-order valence-corrected chi connectivity index (χ1v) is 12.7. The average Bonchev–Trinajstić information content (AvgIpc) is 3.09. The third-order valence-corrected chi connectivity index (χ3v) is 9.24.